The molecule has 0 aliphatic carbocycles. The molecule has 2 aliphatic rings. The summed E-state index contributed by atoms with van der Waals surface area (Å²) in [4.78, 5) is 32.2. The first-order valence-electron chi connectivity index (χ1n) is 12.0. The number of urea groups is 1. The molecule has 3 amide bonds. The molecule has 1 fully saturated rings. The number of fused-ring (bicyclic) bond motifs is 1. The van der Waals surface area contributed by atoms with E-state index >= 15 is 0 Å². The number of anilines is 2. The Kier molecular flexibility index (Phi) is 6.84. The van der Waals surface area contributed by atoms with Gasteiger partial charge in [0.2, 0.25) is 5.82 Å². The Hall–Kier alpha value is -3.41. The third-order valence-corrected chi connectivity index (χ3v) is 6.19. The monoisotopic (exact) mass is 486 g/mol. The number of rotatable bonds is 4. The van der Waals surface area contributed by atoms with Crippen LogP contribution in [0.15, 0.2) is 12.4 Å². The zero-order chi connectivity index (χ0) is 25.3. The molecular weight excluding hydrogens is 452 g/mol. The minimum absolute atomic E-state index is 0.128. The predicted molar refractivity (Wildman–Crippen MR) is 126 cm³/mol. The lowest BCUT2D eigenvalue weighted by Gasteiger charge is -2.39. The van der Waals surface area contributed by atoms with Crippen LogP contribution in [0.4, 0.5) is 21.1 Å². The summed E-state index contributed by atoms with van der Waals surface area (Å²) in [6.07, 6.45) is 2.60. The molecule has 0 saturated carbocycles. The largest absolute Gasteiger partial charge is 0.530 e. The average molecular weight is 487 g/mol. The van der Waals surface area contributed by atoms with Crippen LogP contribution in [0.25, 0.3) is 5.95 Å². The van der Waals surface area contributed by atoms with Crippen LogP contribution in [0, 0.1) is 0 Å². The second-order valence-electron chi connectivity index (χ2n) is 9.88. The molecule has 2 aromatic heterocycles. The van der Waals surface area contributed by atoms with Crippen molar-refractivity contribution in [3.63, 3.8) is 0 Å². The van der Waals surface area contributed by atoms with Crippen LogP contribution in [0.2, 0.25) is 0 Å². The Morgan fingerprint density at radius 2 is 2.09 bits per heavy atom. The predicted octanol–water partition coefficient (Wildman–Crippen LogP) is 0.378. The smallest absolute Gasteiger partial charge is 0.378 e. The first-order chi connectivity index (χ1) is 16.6. The Labute approximate surface area is 204 Å². The topological polar surface area (TPSA) is 132 Å². The Morgan fingerprint density at radius 3 is 2.74 bits per heavy atom. The lowest BCUT2D eigenvalue weighted by molar-refractivity contribution is -0.740. The van der Waals surface area contributed by atoms with Crippen molar-refractivity contribution < 1.29 is 24.0 Å². The minimum Gasteiger partial charge on any atom is -0.530 e. The summed E-state index contributed by atoms with van der Waals surface area (Å²) >= 11 is 0. The molecule has 2 aliphatic heterocycles. The van der Waals surface area contributed by atoms with Gasteiger partial charge in [0.05, 0.1) is 55.3 Å². The maximum Gasteiger partial charge on any atom is 0.378 e. The molecule has 4 heterocycles. The minimum atomic E-state index is -1.21. The molecule has 12 nitrogen and oxygen atoms in total. The number of carbonyl (C=O) groups excluding carboxylic acids is 2. The average Bonchev–Trinajstić information content (AvgIpc) is 3.25. The van der Waals surface area contributed by atoms with E-state index in [-0.39, 0.29) is 24.2 Å². The fraction of sp³-hybridized carbons (Fsp3) is 0.609. The first-order valence-corrected chi connectivity index (χ1v) is 12.0. The molecule has 0 radical (unpaired) electrons. The zero-order valence-corrected chi connectivity index (χ0v) is 21.0. The maximum atomic E-state index is 12.0. The number of nitrogens with one attached hydrogen (secondary N) is 2. The van der Waals surface area contributed by atoms with Crippen molar-refractivity contribution >= 4 is 23.6 Å². The van der Waals surface area contributed by atoms with Crippen LogP contribution in [-0.4, -0.2) is 70.7 Å². The number of amides is 3. The summed E-state index contributed by atoms with van der Waals surface area (Å²) in [5.74, 6) is 1.54. The number of ether oxygens (including phenoxy) is 1. The van der Waals surface area contributed by atoms with Crippen LogP contribution >= 0.6 is 0 Å². The van der Waals surface area contributed by atoms with Gasteiger partial charge in [0.15, 0.2) is 0 Å². The van der Waals surface area contributed by atoms with Gasteiger partial charge in [0.25, 0.3) is 0 Å². The summed E-state index contributed by atoms with van der Waals surface area (Å²) in [7, 11) is 0. The highest BCUT2D eigenvalue weighted by atomic mass is 16.5. The third kappa shape index (κ3) is 5.02. The van der Waals surface area contributed by atoms with Gasteiger partial charge in [0.1, 0.15) is 18.0 Å². The highest BCUT2D eigenvalue weighted by molar-refractivity contribution is 5.88. The highest BCUT2D eigenvalue weighted by Gasteiger charge is 2.39. The van der Waals surface area contributed by atoms with Gasteiger partial charge >= 0.3 is 12.0 Å². The summed E-state index contributed by atoms with van der Waals surface area (Å²) in [6.45, 7) is 13.2. The van der Waals surface area contributed by atoms with Crippen LogP contribution < -0.4 is 25.2 Å². The molecule has 4 rings (SSSR count). The van der Waals surface area contributed by atoms with E-state index in [2.05, 4.69) is 52.9 Å². The summed E-state index contributed by atoms with van der Waals surface area (Å²) in [5, 5.41) is 21.6. The standard InChI is InChI=1S/C23H34N8O4/c1-6-24-20(32)26-16-11-25-30(12-16)21-27-18-13-28(22(33)34)8-7-17(18)19(31(21)23(3,4)5)29-9-10-35-14-15(29)2/h11-12,15H,6-10,13-14H2,1-5H3,(H2-,24,26,32,33,34)/t15-/m0/s1. The summed E-state index contributed by atoms with van der Waals surface area (Å²) < 4.78 is 9.48. The van der Waals surface area contributed by atoms with E-state index in [1.54, 1.807) is 17.1 Å². The van der Waals surface area contributed by atoms with Gasteiger partial charge in [-0.3, -0.25) is 0 Å². The molecule has 1 saturated heterocycles. The second-order valence-corrected chi connectivity index (χ2v) is 9.88. The Balaban J connectivity index is 1.90. The summed E-state index contributed by atoms with van der Waals surface area (Å²) in [5.41, 5.74) is 1.85. The van der Waals surface area contributed by atoms with E-state index in [0.29, 0.717) is 56.6 Å². The highest BCUT2D eigenvalue weighted by Crippen LogP contribution is 2.31. The van der Waals surface area contributed by atoms with Gasteiger partial charge in [-0.05, 0) is 41.0 Å². The Bertz CT molecular complexity index is 1110. The van der Waals surface area contributed by atoms with E-state index in [1.807, 2.05) is 6.92 Å². The van der Waals surface area contributed by atoms with Crippen LogP contribution in [0.1, 0.15) is 45.9 Å². The molecule has 2 N–H and O–H groups in total. The molecule has 0 bridgehead atoms. The van der Waals surface area contributed by atoms with Crippen molar-refractivity contribution in [3.05, 3.63) is 23.7 Å². The van der Waals surface area contributed by atoms with Crippen molar-refractivity contribution in [2.75, 3.05) is 43.1 Å². The molecule has 2 aromatic rings. The van der Waals surface area contributed by atoms with Crippen molar-refractivity contribution in [2.45, 2.75) is 59.2 Å². The summed E-state index contributed by atoms with van der Waals surface area (Å²) in [6, 6.07) is -0.190. The number of carboxylic acid groups (broad SMARTS) is 1. The van der Waals surface area contributed by atoms with Gasteiger partial charge in [0, 0.05) is 13.1 Å². The zero-order valence-electron chi connectivity index (χ0n) is 21.0. The third-order valence-electron chi connectivity index (χ3n) is 6.19. The lowest BCUT2D eigenvalue weighted by Crippen LogP contribution is -2.61. The van der Waals surface area contributed by atoms with Crippen LogP contribution in [-0.2, 0) is 23.2 Å². The van der Waals surface area contributed by atoms with Crippen molar-refractivity contribution in [2.24, 2.45) is 0 Å². The van der Waals surface area contributed by atoms with E-state index in [4.69, 9.17) is 9.72 Å². The number of hydrogen-bond acceptors (Lipinski definition) is 7. The van der Waals surface area contributed by atoms with Crippen LogP contribution in [0.3, 0.4) is 0 Å². The molecule has 35 heavy (non-hydrogen) atoms. The number of nitrogens with zero attached hydrogens (tertiary/aromatic N) is 6. The second kappa shape index (κ2) is 9.68. The van der Waals surface area contributed by atoms with E-state index in [9.17, 15) is 14.7 Å². The fourth-order valence-corrected chi connectivity index (χ4v) is 4.59. The van der Waals surface area contributed by atoms with E-state index in [0.717, 1.165) is 11.4 Å². The van der Waals surface area contributed by atoms with E-state index < -0.39 is 6.09 Å². The van der Waals surface area contributed by atoms with Crippen LogP contribution in [0.5, 0.6) is 0 Å². The van der Waals surface area contributed by atoms with Gasteiger partial charge in [-0.25, -0.2) is 9.36 Å². The van der Waals surface area contributed by atoms with E-state index in [1.165, 1.54) is 4.90 Å². The van der Waals surface area contributed by atoms with Gasteiger partial charge in [-0.15, -0.1) is 14.8 Å². The van der Waals surface area contributed by atoms with Crippen molar-refractivity contribution in [1.29, 1.82) is 0 Å². The number of carbonyl (C=O) groups is 2. The number of aromatic nitrogens is 4. The molecule has 190 valence electrons. The normalized spacial score (nSPS) is 18.3. The number of morpholine rings is 1. The van der Waals surface area contributed by atoms with Gasteiger partial charge in [-0.1, -0.05) is 0 Å². The fourth-order valence-electron chi connectivity index (χ4n) is 4.59. The molecule has 0 unspecified atom stereocenters. The molecule has 0 aromatic carbocycles. The maximum absolute atomic E-state index is 12.0. The first kappa shape index (κ1) is 24.7. The van der Waals surface area contributed by atoms with Gasteiger partial charge in [-0.2, -0.15) is 0 Å². The Morgan fingerprint density at radius 1 is 1.31 bits per heavy atom. The van der Waals surface area contributed by atoms with Crippen molar-refractivity contribution in [3.8, 4) is 5.95 Å². The van der Waals surface area contributed by atoms with Gasteiger partial charge < -0.3 is 35.1 Å². The molecule has 0 spiro atoms. The molecular formula is C23H34N8O4. The number of hydrogen-bond donors (Lipinski definition) is 2. The molecule has 12 heteroatoms. The van der Waals surface area contributed by atoms with Crippen molar-refractivity contribution in [1.82, 2.24) is 25.0 Å². The SMILES string of the molecule is CCNC(=O)Nc1cnn(-c2nc3c(c(N4CCOC[C@@H]4C)[n+]2C(C)(C)C)CCN(C(=O)[O-])C3)c1. The molecule has 1 atom stereocenters. The lowest BCUT2D eigenvalue weighted by atomic mass is 10.0. The quantitative estimate of drug-likeness (QED) is 0.597.